The van der Waals surface area contributed by atoms with Gasteiger partial charge >= 0.3 is 0 Å². The van der Waals surface area contributed by atoms with Gasteiger partial charge in [-0.25, -0.2) is 0 Å². The van der Waals surface area contributed by atoms with Gasteiger partial charge in [-0.1, -0.05) is 6.92 Å². The Hall–Kier alpha value is -0.160. The van der Waals surface area contributed by atoms with E-state index in [1.54, 1.807) is 0 Å². The molecule has 2 unspecified atom stereocenters. The summed E-state index contributed by atoms with van der Waals surface area (Å²) in [6, 6.07) is 0.627. The van der Waals surface area contributed by atoms with Gasteiger partial charge < -0.3 is 15.0 Å². The molecule has 2 saturated heterocycles. The number of hydrogen-bond donors (Lipinski definition) is 1. The quantitative estimate of drug-likeness (QED) is 0.733. The predicted octanol–water partition coefficient (Wildman–Crippen LogP) is 1.42. The Labute approximate surface area is 130 Å². The molecule has 0 radical (unpaired) electrons. The molecule has 1 aliphatic carbocycles. The maximum absolute atomic E-state index is 5.61. The summed E-state index contributed by atoms with van der Waals surface area (Å²) >= 11 is 0. The zero-order valence-corrected chi connectivity index (χ0v) is 13.7. The van der Waals surface area contributed by atoms with Crippen LogP contribution in [0.2, 0.25) is 0 Å². The summed E-state index contributed by atoms with van der Waals surface area (Å²) in [6.45, 7) is 13.0. The summed E-state index contributed by atoms with van der Waals surface area (Å²) in [4.78, 5) is 5.36. The van der Waals surface area contributed by atoms with Gasteiger partial charge in [-0.05, 0) is 38.1 Å². The van der Waals surface area contributed by atoms with E-state index in [2.05, 4.69) is 22.0 Å². The van der Waals surface area contributed by atoms with Crippen LogP contribution in [0.25, 0.3) is 0 Å². The fourth-order valence-electron chi connectivity index (χ4n) is 3.68. The third-order valence-corrected chi connectivity index (χ3v) is 5.32. The standard InChI is InChI=1S/C17H33N3O/c1-2-6-18-17(16-5-11-21-14-16)13-20-9-7-19(8-10-20)12-15-3-4-15/h15-18H,2-14H2,1H3. The molecule has 0 spiro atoms. The molecule has 4 nitrogen and oxygen atoms in total. The molecule has 122 valence electrons. The number of piperazine rings is 1. The Morgan fingerprint density at radius 2 is 1.86 bits per heavy atom. The van der Waals surface area contributed by atoms with Crippen LogP contribution >= 0.6 is 0 Å². The van der Waals surface area contributed by atoms with Gasteiger partial charge in [0.2, 0.25) is 0 Å². The maximum Gasteiger partial charge on any atom is 0.0510 e. The smallest absolute Gasteiger partial charge is 0.0510 e. The van der Waals surface area contributed by atoms with Crippen LogP contribution < -0.4 is 5.32 Å². The molecule has 3 fully saturated rings. The normalized spacial score (nSPS) is 29.9. The second-order valence-corrected chi connectivity index (χ2v) is 7.23. The minimum Gasteiger partial charge on any atom is -0.381 e. The molecule has 4 heteroatoms. The Kier molecular flexibility index (Phi) is 5.92. The van der Waals surface area contributed by atoms with E-state index in [0.717, 1.165) is 31.6 Å². The van der Waals surface area contributed by atoms with Gasteiger partial charge in [0.1, 0.15) is 0 Å². The monoisotopic (exact) mass is 295 g/mol. The highest BCUT2D eigenvalue weighted by Crippen LogP contribution is 2.30. The summed E-state index contributed by atoms with van der Waals surface area (Å²) in [5, 5.41) is 3.78. The maximum atomic E-state index is 5.61. The molecule has 1 saturated carbocycles. The molecule has 2 atom stereocenters. The number of ether oxygens (including phenoxy) is 1. The second-order valence-electron chi connectivity index (χ2n) is 7.23. The van der Waals surface area contributed by atoms with Gasteiger partial charge in [0.05, 0.1) is 6.61 Å². The zero-order valence-electron chi connectivity index (χ0n) is 13.7. The minimum atomic E-state index is 0.627. The second kappa shape index (κ2) is 7.91. The lowest BCUT2D eigenvalue weighted by Gasteiger charge is -2.37. The van der Waals surface area contributed by atoms with Crippen molar-refractivity contribution in [3.63, 3.8) is 0 Å². The highest BCUT2D eigenvalue weighted by Gasteiger charge is 2.30. The molecule has 21 heavy (non-hydrogen) atoms. The largest absolute Gasteiger partial charge is 0.381 e. The lowest BCUT2D eigenvalue weighted by Crippen LogP contribution is -2.53. The average molecular weight is 295 g/mol. The Balaban J connectivity index is 1.41. The van der Waals surface area contributed by atoms with Crippen molar-refractivity contribution in [3.8, 4) is 0 Å². The van der Waals surface area contributed by atoms with Crippen LogP contribution in [0.15, 0.2) is 0 Å². The number of hydrogen-bond acceptors (Lipinski definition) is 4. The Morgan fingerprint density at radius 3 is 2.48 bits per heavy atom. The van der Waals surface area contributed by atoms with E-state index in [1.807, 2.05) is 0 Å². The van der Waals surface area contributed by atoms with Gasteiger partial charge in [-0.15, -0.1) is 0 Å². The van der Waals surface area contributed by atoms with Crippen molar-refractivity contribution in [2.45, 2.75) is 38.6 Å². The first-order valence-electron chi connectivity index (χ1n) is 9.11. The highest BCUT2D eigenvalue weighted by atomic mass is 16.5. The SMILES string of the molecule is CCCNC(CN1CCN(CC2CC2)CC1)C1CCOC1. The van der Waals surface area contributed by atoms with E-state index in [0.29, 0.717) is 6.04 Å². The van der Waals surface area contributed by atoms with Crippen molar-refractivity contribution >= 4 is 0 Å². The zero-order chi connectivity index (χ0) is 14.5. The van der Waals surface area contributed by atoms with Crippen LogP contribution in [-0.4, -0.2) is 74.9 Å². The summed E-state index contributed by atoms with van der Waals surface area (Å²) in [5.74, 6) is 1.76. The lowest BCUT2D eigenvalue weighted by molar-refractivity contribution is 0.106. The summed E-state index contributed by atoms with van der Waals surface area (Å²) in [6.07, 6.45) is 5.41. The molecule has 0 aromatic carbocycles. The van der Waals surface area contributed by atoms with Crippen LogP contribution in [-0.2, 0) is 4.74 Å². The lowest BCUT2D eigenvalue weighted by atomic mass is 9.98. The third-order valence-electron chi connectivity index (χ3n) is 5.32. The summed E-state index contributed by atoms with van der Waals surface area (Å²) < 4.78 is 5.61. The molecule has 1 N–H and O–H groups in total. The third kappa shape index (κ3) is 4.92. The average Bonchev–Trinajstić information content (AvgIpc) is 3.15. The van der Waals surface area contributed by atoms with Gasteiger partial charge in [-0.2, -0.15) is 0 Å². The van der Waals surface area contributed by atoms with E-state index < -0.39 is 0 Å². The van der Waals surface area contributed by atoms with Crippen molar-refractivity contribution in [1.29, 1.82) is 0 Å². The molecule has 3 aliphatic rings. The van der Waals surface area contributed by atoms with Crippen molar-refractivity contribution in [3.05, 3.63) is 0 Å². The number of nitrogens with zero attached hydrogens (tertiary/aromatic N) is 2. The molecule has 2 aliphatic heterocycles. The Bertz CT molecular complexity index is 294. The first-order chi connectivity index (χ1) is 10.3. The van der Waals surface area contributed by atoms with E-state index in [4.69, 9.17) is 4.74 Å². The van der Waals surface area contributed by atoms with Crippen molar-refractivity contribution in [2.24, 2.45) is 11.8 Å². The minimum absolute atomic E-state index is 0.627. The molecule has 0 bridgehead atoms. The van der Waals surface area contributed by atoms with Crippen LogP contribution in [0.5, 0.6) is 0 Å². The molecule has 2 heterocycles. The topological polar surface area (TPSA) is 27.7 Å². The van der Waals surface area contributed by atoms with Crippen molar-refractivity contribution in [1.82, 2.24) is 15.1 Å². The first kappa shape index (κ1) is 15.7. The van der Waals surface area contributed by atoms with E-state index >= 15 is 0 Å². The van der Waals surface area contributed by atoms with Crippen molar-refractivity contribution < 1.29 is 4.74 Å². The molecule has 0 amide bonds. The number of rotatable bonds is 8. The fourth-order valence-corrected chi connectivity index (χ4v) is 3.68. The van der Waals surface area contributed by atoms with Crippen LogP contribution in [0.3, 0.4) is 0 Å². The molecule has 0 aromatic heterocycles. The summed E-state index contributed by atoms with van der Waals surface area (Å²) in [5.41, 5.74) is 0. The van der Waals surface area contributed by atoms with Gasteiger partial charge in [0.15, 0.2) is 0 Å². The molecule has 3 rings (SSSR count). The van der Waals surface area contributed by atoms with E-state index in [-0.39, 0.29) is 0 Å². The highest BCUT2D eigenvalue weighted by molar-refractivity contribution is 4.85. The first-order valence-corrected chi connectivity index (χ1v) is 9.11. The fraction of sp³-hybridized carbons (Fsp3) is 1.00. The van der Waals surface area contributed by atoms with Gasteiger partial charge in [0.25, 0.3) is 0 Å². The van der Waals surface area contributed by atoms with Crippen LogP contribution in [0.4, 0.5) is 0 Å². The Morgan fingerprint density at radius 1 is 1.10 bits per heavy atom. The molecular formula is C17H33N3O. The number of nitrogens with one attached hydrogen (secondary N) is 1. The van der Waals surface area contributed by atoms with Gasteiger partial charge in [-0.3, -0.25) is 4.90 Å². The van der Waals surface area contributed by atoms with Crippen LogP contribution in [0.1, 0.15) is 32.6 Å². The predicted molar refractivity (Wildman–Crippen MR) is 86.6 cm³/mol. The molecular weight excluding hydrogens is 262 g/mol. The summed E-state index contributed by atoms with van der Waals surface area (Å²) in [7, 11) is 0. The van der Waals surface area contributed by atoms with E-state index in [1.165, 1.54) is 65.0 Å². The van der Waals surface area contributed by atoms with E-state index in [9.17, 15) is 0 Å². The van der Waals surface area contributed by atoms with Crippen LogP contribution in [0, 0.1) is 11.8 Å². The van der Waals surface area contributed by atoms with Gasteiger partial charge in [0, 0.05) is 57.8 Å². The molecule has 0 aromatic rings. The van der Waals surface area contributed by atoms with Crippen molar-refractivity contribution in [2.75, 3.05) is 59.0 Å².